The Kier molecular flexibility index (Phi) is 7.02. The Hall–Kier alpha value is -2.34. The van der Waals surface area contributed by atoms with Crippen LogP contribution in [0, 0.1) is 6.92 Å². The minimum absolute atomic E-state index is 0.0858. The first-order chi connectivity index (χ1) is 12.8. The van der Waals surface area contributed by atoms with Crippen LogP contribution in [0.4, 0.5) is 5.69 Å². The van der Waals surface area contributed by atoms with Crippen molar-refractivity contribution >= 4 is 21.6 Å². The van der Waals surface area contributed by atoms with Crippen LogP contribution < -0.4 is 10.0 Å². The van der Waals surface area contributed by atoms with Gasteiger partial charge in [0.05, 0.1) is 10.6 Å². The number of rotatable bonds is 8. The van der Waals surface area contributed by atoms with Gasteiger partial charge < -0.3 is 5.32 Å². The summed E-state index contributed by atoms with van der Waals surface area (Å²) in [4.78, 5) is 12.4. The standard InChI is InChI=1S/C21H28N2O3S/c1-5-13-22-21(24)19-14-18(12-11-15(19)4)27(25,26)23-20-16(6-2)9-8-10-17(20)7-3/h8-12,14,23H,5-7,13H2,1-4H3,(H,22,24). The number of benzene rings is 2. The molecule has 2 aromatic carbocycles. The Morgan fingerprint density at radius 3 is 2.19 bits per heavy atom. The van der Waals surface area contributed by atoms with Crippen molar-refractivity contribution in [3.05, 3.63) is 58.7 Å². The van der Waals surface area contributed by atoms with Crippen molar-refractivity contribution in [2.75, 3.05) is 11.3 Å². The fourth-order valence-electron chi connectivity index (χ4n) is 2.91. The van der Waals surface area contributed by atoms with Gasteiger partial charge in [-0.2, -0.15) is 0 Å². The molecule has 0 aromatic heterocycles. The Morgan fingerprint density at radius 1 is 1.00 bits per heavy atom. The number of aryl methyl sites for hydroxylation is 3. The highest BCUT2D eigenvalue weighted by Gasteiger charge is 2.20. The van der Waals surface area contributed by atoms with E-state index in [1.807, 2.05) is 39.0 Å². The quantitative estimate of drug-likeness (QED) is 0.716. The van der Waals surface area contributed by atoms with Gasteiger partial charge in [-0.1, -0.05) is 45.0 Å². The molecule has 0 saturated heterocycles. The number of amides is 1. The van der Waals surface area contributed by atoms with Crippen LogP contribution in [-0.4, -0.2) is 20.9 Å². The summed E-state index contributed by atoms with van der Waals surface area (Å²) >= 11 is 0. The van der Waals surface area contributed by atoms with Crippen LogP contribution in [0.3, 0.4) is 0 Å². The Morgan fingerprint density at radius 2 is 1.63 bits per heavy atom. The normalized spacial score (nSPS) is 11.3. The van der Waals surface area contributed by atoms with Gasteiger partial charge in [0.15, 0.2) is 0 Å². The molecule has 2 N–H and O–H groups in total. The third-order valence-electron chi connectivity index (χ3n) is 4.53. The molecule has 0 aliphatic carbocycles. The van der Waals surface area contributed by atoms with Gasteiger partial charge in [-0.05, 0) is 55.0 Å². The van der Waals surface area contributed by atoms with Crippen LogP contribution in [-0.2, 0) is 22.9 Å². The fourth-order valence-corrected chi connectivity index (χ4v) is 4.08. The minimum atomic E-state index is -3.80. The SMILES string of the molecule is CCCNC(=O)c1cc(S(=O)(=O)Nc2c(CC)cccc2CC)ccc1C. The second-order valence-corrected chi connectivity index (χ2v) is 8.18. The number of sulfonamides is 1. The highest BCUT2D eigenvalue weighted by atomic mass is 32.2. The monoisotopic (exact) mass is 388 g/mol. The molecule has 0 bridgehead atoms. The number of carbonyl (C=O) groups excluding carboxylic acids is 1. The summed E-state index contributed by atoms with van der Waals surface area (Å²) in [6, 6.07) is 10.4. The Balaban J connectivity index is 2.42. The van der Waals surface area contributed by atoms with Crippen LogP contribution >= 0.6 is 0 Å². The van der Waals surface area contributed by atoms with Crippen molar-refractivity contribution in [2.45, 2.75) is 51.9 Å². The predicted octanol–water partition coefficient (Wildman–Crippen LogP) is 4.06. The van der Waals surface area contributed by atoms with Crippen molar-refractivity contribution in [3.63, 3.8) is 0 Å². The molecule has 0 atom stereocenters. The zero-order valence-electron chi connectivity index (χ0n) is 16.4. The number of hydrogen-bond donors (Lipinski definition) is 2. The van der Waals surface area contributed by atoms with Crippen molar-refractivity contribution in [3.8, 4) is 0 Å². The first kappa shape index (κ1) is 21.0. The van der Waals surface area contributed by atoms with Crippen molar-refractivity contribution < 1.29 is 13.2 Å². The van der Waals surface area contributed by atoms with E-state index in [0.29, 0.717) is 17.8 Å². The molecule has 1 amide bonds. The molecule has 0 unspecified atom stereocenters. The van der Waals surface area contributed by atoms with Gasteiger partial charge in [-0.15, -0.1) is 0 Å². The van der Waals surface area contributed by atoms with Crippen LogP contribution in [0.15, 0.2) is 41.3 Å². The van der Waals surface area contributed by atoms with E-state index in [0.717, 1.165) is 36.0 Å². The molecule has 2 rings (SSSR count). The largest absolute Gasteiger partial charge is 0.352 e. The van der Waals surface area contributed by atoms with E-state index in [2.05, 4.69) is 10.0 Å². The second-order valence-electron chi connectivity index (χ2n) is 6.50. The first-order valence-electron chi connectivity index (χ1n) is 9.36. The van der Waals surface area contributed by atoms with Gasteiger partial charge in [0, 0.05) is 12.1 Å². The van der Waals surface area contributed by atoms with E-state index in [1.54, 1.807) is 13.0 Å². The summed E-state index contributed by atoms with van der Waals surface area (Å²) in [5.74, 6) is -0.255. The Bertz CT molecular complexity index is 899. The highest BCUT2D eigenvalue weighted by molar-refractivity contribution is 7.92. The summed E-state index contributed by atoms with van der Waals surface area (Å²) in [7, 11) is -3.80. The van der Waals surface area contributed by atoms with E-state index in [-0.39, 0.29) is 10.8 Å². The van der Waals surface area contributed by atoms with E-state index in [4.69, 9.17) is 0 Å². The molecule has 0 spiro atoms. The lowest BCUT2D eigenvalue weighted by atomic mass is 10.0. The number of para-hydroxylation sites is 1. The number of nitrogens with one attached hydrogen (secondary N) is 2. The summed E-state index contributed by atoms with van der Waals surface area (Å²) in [6.07, 6.45) is 2.27. The maximum atomic E-state index is 13.0. The summed E-state index contributed by atoms with van der Waals surface area (Å²) < 4.78 is 28.7. The molecule has 27 heavy (non-hydrogen) atoms. The van der Waals surface area contributed by atoms with E-state index < -0.39 is 10.0 Å². The third-order valence-corrected chi connectivity index (χ3v) is 5.88. The van der Waals surface area contributed by atoms with Crippen LogP contribution in [0.1, 0.15) is 54.2 Å². The van der Waals surface area contributed by atoms with E-state index >= 15 is 0 Å². The average Bonchev–Trinajstić information content (AvgIpc) is 2.66. The van der Waals surface area contributed by atoms with Gasteiger partial charge in [-0.25, -0.2) is 8.42 Å². The number of hydrogen-bond acceptors (Lipinski definition) is 3. The lowest BCUT2D eigenvalue weighted by molar-refractivity contribution is 0.0953. The zero-order chi connectivity index (χ0) is 20.0. The van der Waals surface area contributed by atoms with Gasteiger partial charge in [-0.3, -0.25) is 9.52 Å². The third kappa shape index (κ3) is 4.89. The maximum Gasteiger partial charge on any atom is 0.261 e. The molecular formula is C21H28N2O3S. The van der Waals surface area contributed by atoms with Crippen LogP contribution in [0.2, 0.25) is 0 Å². The second kappa shape index (κ2) is 9.04. The summed E-state index contributed by atoms with van der Waals surface area (Å²) in [6.45, 7) is 8.31. The maximum absolute atomic E-state index is 13.0. The van der Waals surface area contributed by atoms with Crippen molar-refractivity contribution in [1.82, 2.24) is 5.32 Å². The highest BCUT2D eigenvalue weighted by Crippen LogP contribution is 2.26. The molecule has 2 aromatic rings. The molecule has 0 saturated carbocycles. The zero-order valence-corrected chi connectivity index (χ0v) is 17.2. The lowest BCUT2D eigenvalue weighted by Crippen LogP contribution is -2.25. The number of anilines is 1. The molecule has 0 heterocycles. The number of carbonyl (C=O) groups is 1. The summed E-state index contributed by atoms with van der Waals surface area (Å²) in [5, 5.41) is 2.80. The molecular weight excluding hydrogens is 360 g/mol. The first-order valence-corrected chi connectivity index (χ1v) is 10.8. The predicted molar refractivity (Wildman–Crippen MR) is 110 cm³/mol. The molecule has 0 fully saturated rings. The van der Waals surface area contributed by atoms with Crippen molar-refractivity contribution in [2.24, 2.45) is 0 Å². The fraction of sp³-hybridized carbons (Fsp3) is 0.381. The topological polar surface area (TPSA) is 75.3 Å². The van der Waals surface area contributed by atoms with Gasteiger partial charge in [0.25, 0.3) is 15.9 Å². The van der Waals surface area contributed by atoms with Crippen molar-refractivity contribution in [1.29, 1.82) is 0 Å². The smallest absolute Gasteiger partial charge is 0.261 e. The summed E-state index contributed by atoms with van der Waals surface area (Å²) in [5.41, 5.74) is 3.66. The molecule has 0 aliphatic rings. The molecule has 146 valence electrons. The van der Waals surface area contributed by atoms with E-state index in [9.17, 15) is 13.2 Å². The van der Waals surface area contributed by atoms with Crippen LogP contribution in [0.5, 0.6) is 0 Å². The van der Waals surface area contributed by atoms with Gasteiger partial charge in [0.2, 0.25) is 0 Å². The van der Waals surface area contributed by atoms with Gasteiger partial charge >= 0.3 is 0 Å². The minimum Gasteiger partial charge on any atom is -0.352 e. The molecule has 0 aliphatic heterocycles. The molecule has 6 heteroatoms. The lowest BCUT2D eigenvalue weighted by Gasteiger charge is -2.16. The molecule has 0 radical (unpaired) electrons. The van der Waals surface area contributed by atoms with Gasteiger partial charge in [0.1, 0.15) is 0 Å². The average molecular weight is 389 g/mol. The van der Waals surface area contributed by atoms with E-state index in [1.165, 1.54) is 12.1 Å². The van der Waals surface area contributed by atoms with Crippen LogP contribution in [0.25, 0.3) is 0 Å². The Labute approximate surface area is 162 Å². The molecule has 5 nitrogen and oxygen atoms in total.